The third kappa shape index (κ3) is 5.69. The summed E-state index contributed by atoms with van der Waals surface area (Å²) in [5, 5.41) is 0. The van der Waals surface area contributed by atoms with Crippen molar-refractivity contribution < 1.29 is 0 Å². The molecule has 0 saturated heterocycles. The molecule has 3 aliphatic rings. The quantitative estimate of drug-likeness (QED) is 0.348. The lowest BCUT2D eigenvalue weighted by Gasteiger charge is -2.37. The Bertz CT molecular complexity index is 966. The van der Waals surface area contributed by atoms with Crippen LogP contribution in [0.15, 0.2) is 60.7 Å². The minimum absolute atomic E-state index is 0.668. The first-order chi connectivity index (χ1) is 16.5. The van der Waals surface area contributed by atoms with Gasteiger partial charge in [0.2, 0.25) is 0 Å². The molecular weight excluding hydrogens is 408 g/mol. The first kappa shape index (κ1) is 23.9. The van der Waals surface area contributed by atoms with Gasteiger partial charge in [0.05, 0.1) is 0 Å². The highest BCUT2D eigenvalue weighted by Gasteiger charge is 2.36. The molecule has 5 atom stereocenters. The second-order valence-electron chi connectivity index (χ2n) is 12.5. The van der Waals surface area contributed by atoms with Crippen LogP contribution >= 0.6 is 0 Å². The van der Waals surface area contributed by atoms with Crippen LogP contribution in [0.3, 0.4) is 0 Å². The lowest BCUT2D eigenvalue weighted by Crippen LogP contribution is -2.25. The maximum atomic E-state index is 4.33. The Hall–Kier alpha value is -1.82. The Labute approximate surface area is 209 Å². The van der Waals surface area contributed by atoms with Crippen molar-refractivity contribution in [2.45, 2.75) is 103 Å². The number of benzene rings is 2. The highest BCUT2D eigenvalue weighted by molar-refractivity contribution is 5.38. The van der Waals surface area contributed by atoms with Crippen LogP contribution in [-0.4, -0.2) is 0 Å². The molecule has 2 fully saturated rings. The zero-order chi connectivity index (χ0) is 23.5. The van der Waals surface area contributed by atoms with Gasteiger partial charge in [-0.3, -0.25) is 0 Å². The Morgan fingerprint density at radius 1 is 0.941 bits per heavy atom. The van der Waals surface area contributed by atoms with Crippen LogP contribution in [0.1, 0.15) is 112 Å². The molecule has 0 spiro atoms. The molecule has 0 aliphatic heterocycles. The molecule has 0 heteroatoms. The van der Waals surface area contributed by atoms with E-state index in [9.17, 15) is 0 Å². The molecule has 2 saturated carbocycles. The SMILES string of the molecule is C=C(CCc1cccc(C2Cc3ccccc3C(CC3CCC4CCCC4C3)C2)c1)CC(C)C. The molecule has 0 radical (unpaired) electrons. The van der Waals surface area contributed by atoms with Gasteiger partial charge in [0.1, 0.15) is 0 Å². The van der Waals surface area contributed by atoms with Crippen molar-refractivity contribution in [1.82, 2.24) is 0 Å². The summed E-state index contributed by atoms with van der Waals surface area (Å²) in [5.41, 5.74) is 7.77. The highest BCUT2D eigenvalue weighted by Crippen LogP contribution is 2.49. The van der Waals surface area contributed by atoms with Gasteiger partial charge in [0.15, 0.2) is 0 Å². The van der Waals surface area contributed by atoms with Crippen LogP contribution in [0.2, 0.25) is 0 Å². The number of rotatable bonds is 8. The summed E-state index contributed by atoms with van der Waals surface area (Å²) in [7, 11) is 0. The molecular formula is C34H46. The average molecular weight is 455 g/mol. The predicted octanol–water partition coefficient (Wildman–Crippen LogP) is 9.64. The van der Waals surface area contributed by atoms with Crippen LogP contribution < -0.4 is 0 Å². The van der Waals surface area contributed by atoms with Gasteiger partial charge in [-0.15, -0.1) is 0 Å². The molecule has 34 heavy (non-hydrogen) atoms. The number of fused-ring (bicyclic) bond motifs is 2. The second-order valence-corrected chi connectivity index (χ2v) is 12.5. The summed E-state index contributed by atoms with van der Waals surface area (Å²) in [6.07, 6.45) is 16.4. The third-order valence-corrected chi connectivity index (χ3v) is 9.43. The highest BCUT2D eigenvalue weighted by atomic mass is 14.4. The summed E-state index contributed by atoms with van der Waals surface area (Å²) in [5.74, 6) is 5.20. The van der Waals surface area contributed by atoms with E-state index in [1.807, 2.05) is 0 Å². The zero-order valence-corrected chi connectivity index (χ0v) is 21.8. The molecule has 0 N–H and O–H groups in total. The van der Waals surface area contributed by atoms with E-state index in [0.29, 0.717) is 11.8 Å². The summed E-state index contributed by atoms with van der Waals surface area (Å²) < 4.78 is 0. The van der Waals surface area contributed by atoms with Gasteiger partial charge in [0.25, 0.3) is 0 Å². The lowest BCUT2D eigenvalue weighted by molar-refractivity contribution is 0.189. The molecule has 0 aromatic heterocycles. The molecule has 0 amide bonds. The van der Waals surface area contributed by atoms with Gasteiger partial charge in [-0.05, 0) is 109 Å². The van der Waals surface area contributed by atoms with Gasteiger partial charge in [-0.1, -0.05) is 100 Å². The van der Waals surface area contributed by atoms with Crippen molar-refractivity contribution in [3.8, 4) is 0 Å². The van der Waals surface area contributed by atoms with E-state index in [2.05, 4.69) is 69.0 Å². The zero-order valence-electron chi connectivity index (χ0n) is 21.8. The van der Waals surface area contributed by atoms with E-state index in [4.69, 9.17) is 0 Å². The normalized spacial score (nSPS) is 28.5. The summed E-state index contributed by atoms with van der Waals surface area (Å²) in [6, 6.07) is 19.0. The molecule has 0 heterocycles. The Balaban J connectivity index is 1.28. The van der Waals surface area contributed by atoms with E-state index in [1.165, 1.54) is 68.9 Å². The fraction of sp³-hybridized carbons (Fsp3) is 0.588. The summed E-state index contributed by atoms with van der Waals surface area (Å²) in [6.45, 7) is 8.92. The molecule has 5 rings (SSSR count). The molecule has 0 nitrogen and oxygen atoms in total. The number of allylic oxidation sites excluding steroid dienone is 1. The van der Waals surface area contributed by atoms with Crippen LogP contribution in [0.5, 0.6) is 0 Å². The van der Waals surface area contributed by atoms with E-state index < -0.39 is 0 Å². The van der Waals surface area contributed by atoms with Gasteiger partial charge in [-0.2, -0.15) is 0 Å². The molecule has 5 unspecified atom stereocenters. The largest absolute Gasteiger partial charge is 0.0998 e. The van der Waals surface area contributed by atoms with Gasteiger partial charge >= 0.3 is 0 Å². The first-order valence-electron chi connectivity index (χ1n) is 14.4. The van der Waals surface area contributed by atoms with Crippen molar-refractivity contribution in [1.29, 1.82) is 0 Å². The maximum Gasteiger partial charge on any atom is -0.0115 e. The van der Waals surface area contributed by atoms with Crippen molar-refractivity contribution >= 4 is 0 Å². The molecule has 0 bridgehead atoms. The lowest BCUT2D eigenvalue weighted by atomic mass is 9.67. The number of hydrogen-bond acceptors (Lipinski definition) is 0. The second kappa shape index (κ2) is 10.8. The Kier molecular flexibility index (Phi) is 7.62. The summed E-state index contributed by atoms with van der Waals surface area (Å²) >= 11 is 0. The Morgan fingerprint density at radius 3 is 2.68 bits per heavy atom. The molecule has 2 aromatic rings. The first-order valence-corrected chi connectivity index (χ1v) is 14.4. The van der Waals surface area contributed by atoms with E-state index in [0.717, 1.165) is 42.9 Å². The van der Waals surface area contributed by atoms with Crippen molar-refractivity contribution in [2.75, 3.05) is 0 Å². The fourth-order valence-electron chi connectivity index (χ4n) is 7.83. The average Bonchev–Trinajstić information content (AvgIpc) is 3.30. The molecule has 2 aromatic carbocycles. The summed E-state index contributed by atoms with van der Waals surface area (Å²) in [4.78, 5) is 0. The fourth-order valence-corrected chi connectivity index (χ4v) is 7.83. The molecule has 3 aliphatic carbocycles. The minimum Gasteiger partial charge on any atom is -0.0998 e. The topological polar surface area (TPSA) is 0 Å². The van der Waals surface area contributed by atoms with Gasteiger partial charge in [0, 0.05) is 0 Å². The van der Waals surface area contributed by atoms with E-state index >= 15 is 0 Å². The Morgan fingerprint density at radius 2 is 1.79 bits per heavy atom. The van der Waals surface area contributed by atoms with Crippen LogP contribution in [0.25, 0.3) is 0 Å². The third-order valence-electron chi connectivity index (χ3n) is 9.43. The van der Waals surface area contributed by atoms with Gasteiger partial charge < -0.3 is 0 Å². The van der Waals surface area contributed by atoms with Crippen LogP contribution in [0, 0.1) is 23.7 Å². The number of aryl methyl sites for hydroxylation is 1. The van der Waals surface area contributed by atoms with Gasteiger partial charge in [-0.25, -0.2) is 0 Å². The van der Waals surface area contributed by atoms with Crippen LogP contribution in [0.4, 0.5) is 0 Å². The minimum atomic E-state index is 0.668. The maximum absolute atomic E-state index is 4.33. The monoisotopic (exact) mass is 454 g/mol. The van der Waals surface area contributed by atoms with Crippen molar-refractivity contribution in [3.05, 3.63) is 82.9 Å². The number of hydrogen-bond donors (Lipinski definition) is 0. The van der Waals surface area contributed by atoms with Crippen molar-refractivity contribution in [3.63, 3.8) is 0 Å². The van der Waals surface area contributed by atoms with Crippen molar-refractivity contribution in [2.24, 2.45) is 23.7 Å². The standard InChI is InChI=1S/C34H46/c1-24(2)18-25(3)14-15-26-8-6-11-30(19-26)32-22-31-9-4-5-13-34(31)33(23-32)21-27-16-17-28-10-7-12-29(28)20-27/h4-6,8-9,11,13,19,24,27-29,32-33H,3,7,10,12,14-18,20-23H2,1-2H3. The van der Waals surface area contributed by atoms with E-state index in [1.54, 1.807) is 16.7 Å². The smallest absolute Gasteiger partial charge is 0.0115 e. The van der Waals surface area contributed by atoms with E-state index in [-0.39, 0.29) is 0 Å². The molecule has 182 valence electrons. The predicted molar refractivity (Wildman–Crippen MR) is 146 cm³/mol. The van der Waals surface area contributed by atoms with Crippen LogP contribution in [-0.2, 0) is 12.8 Å².